The lowest BCUT2D eigenvalue weighted by Crippen LogP contribution is -2.22. The first-order valence-electron chi connectivity index (χ1n) is 6.55. The molecule has 6 heteroatoms. The molecule has 0 aliphatic heterocycles. The summed E-state index contributed by atoms with van der Waals surface area (Å²) in [6.07, 6.45) is 0.990. The highest BCUT2D eigenvalue weighted by molar-refractivity contribution is 5.28. The highest BCUT2D eigenvalue weighted by Gasteiger charge is 2.18. The zero-order valence-corrected chi connectivity index (χ0v) is 12.2. The van der Waals surface area contributed by atoms with E-state index in [0.29, 0.717) is 18.3 Å². The monoisotopic (exact) mass is 263 g/mol. The molecule has 104 valence electrons. The fourth-order valence-corrected chi connectivity index (χ4v) is 2.37. The second-order valence-electron chi connectivity index (χ2n) is 4.78. The van der Waals surface area contributed by atoms with Crippen LogP contribution in [0.4, 0.5) is 0 Å². The Morgan fingerprint density at radius 3 is 2.53 bits per heavy atom. The molecule has 2 rings (SSSR count). The molecule has 0 unspecified atom stereocenters. The van der Waals surface area contributed by atoms with Gasteiger partial charge in [-0.05, 0) is 20.3 Å². The van der Waals surface area contributed by atoms with Gasteiger partial charge in [-0.2, -0.15) is 10.1 Å². The number of aryl methyl sites for hydroxylation is 3. The molecule has 0 radical (unpaired) electrons. The van der Waals surface area contributed by atoms with E-state index in [0.717, 1.165) is 12.1 Å². The van der Waals surface area contributed by atoms with Gasteiger partial charge >= 0.3 is 0 Å². The molecule has 0 spiro atoms. The van der Waals surface area contributed by atoms with E-state index in [2.05, 4.69) is 34.4 Å². The average molecular weight is 263 g/mol. The molecule has 0 amide bonds. The van der Waals surface area contributed by atoms with Crippen molar-refractivity contribution in [2.24, 2.45) is 7.05 Å². The Bertz CT molecular complexity index is 557. The molecule has 0 fully saturated rings. The number of hydrogen-bond donors (Lipinski definition) is 1. The van der Waals surface area contributed by atoms with E-state index in [-0.39, 0.29) is 6.04 Å². The van der Waals surface area contributed by atoms with E-state index in [9.17, 15) is 0 Å². The summed E-state index contributed by atoms with van der Waals surface area (Å²) in [5.74, 6) is 1.29. The number of aromatic nitrogens is 4. The van der Waals surface area contributed by atoms with Gasteiger partial charge in [-0.1, -0.05) is 12.1 Å². The summed E-state index contributed by atoms with van der Waals surface area (Å²) >= 11 is 0. The molecule has 2 aromatic heterocycles. The molecule has 1 N–H and O–H groups in total. The van der Waals surface area contributed by atoms with Crippen molar-refractivity contribution in [3.05, 3.63) is 28.7 Å². The minimum absolute atomic E-state index is 0.257. The van der Waals surface area contributed by atoms with Crippen molar-refractivity contribution in [2.75, 3.05) is 0 Å². The molecule has 19 heavy (non-hydrogen) atoms. The van der Waals surface area contributed by atoms with Crippen LogP contribution in [0.2, 0.25) is 0 Å². The van der Waals surface area contributed by atoms with Gasteiger partial charge in [0.15, 0.2) is 5.82 Å². The van der Waals surface area contributed by atoms with Crippen LogP contribution in [0.25, 0.3) is 0 Å². The van der Waals surface area contributed by atoms with Crippen LogP contribution < -0.4 is 5.32 Å². The Balaban J connectivity index is 2.12. The summed E-state index contributed by atoms with van der Waals surface area (Å²) < 4.78 is 6.89. The zero-order chi connectivity index (χ0) is 14.0. The topological polar surface area (TPSA) is 68.8 Å². The van der Waals surface area contributed by atoms with Crippen LogP contribution in [-0.4, -0.2) is 19.9 Å². The SMILES string of the molecule is CC[C@H](NCc1noc(C)n1)c1c(C)nn(C)c1C. The third kappa shape index (κ3) is 2.84. The van der Waals surface area contributed by atoms with Crippen molar-refractivity contribution < 1.29 is 4.52 Å². The molecule has 2 heterocycles. The quantitative estimate of drug-likeness (QED) is 0.893. The highest BCUT2D eigenvalue weighted by atomic mass is 16.5. The zero-order valence-electron chi connectivity index (χ0n) is 12.2. The summed E-state index contributed by atoms with van der Waals surface area (Å²) in [4.78, 5) is 4.20. The lowest BCUT2D eigenvalue weighted by molar-refractivity contribution is 0.382. The van der Waals surface area contributed by atoms with E-state index >= 15 is 0 Å². The van der Waals surface area contributed by atoms with E-state index in [1.807, 2.05) is 18.7 Å². The summed E-state index contributed by atoms with van der Waals surface area (Å²) in [6.45, 7) is 8.70. The van der Waals surface area contributed by atoms with Crippen LogP contribution in [0.5, 0.6) is 0 Å². The number of rotatable bonds is 5. The van der Waals surface area contributed by atoms with Crippen LogP contribution in [-0.2, 0) is 13.6 Å². The fourth-order valence-electron chi connectivity index (χ4n) is 2.37. The predicted molar refractivity (Wildman–Crippen MR) is 71.6 cm³/mol. The van der Waals surface area contributed by atoms with Gasteiger partial charge in [0.05, 0.1) is 12.2 Å². The minimum Gasteiger partial charge on any atom is -0.340 e. The predicted octanol–water partition coefficient (Wildman–Crippen LogP) is 1.97. The van der Waals surface area contributed by atoms with Crippen molar-refractivity contribution in [2.45, 2.75) is 46.7 Å². The second-order valence-corrected chi connectivity index (χ2v) is 4.78. The van der Waals surface area contributed by atoms with Gasteiger partial charge in [-0.3, -0.25) is 4.68 Å². The van der Waals surface area contributed by atoms with Crippen LogP contribution in [0.1, 0.15) is 48.1 Å². The molecule has 0 aliphatic rings. The smallest absolute Gasteiger partial charge is 0.223 e. The van der Waals surface area contributed by atoms with Crippen molar-refractivity contribution in [1.29, 1.82) is 0 Å². The van der Waals surface area contributed by atoms with Gasteiger partial charge in [-0.25, -0.2) is 0 Å². The maximum Gasteiger partial charge on any atom is 0.223 e. The molecule has 0 saturated heterocycles. The van der Waals surface area contributed by atoms with E-state index in [4.69, 9.17) is 4.52 Å². The molecule has 2 aromatic rings. The van der Waals surface area contributed by atoms with Gasteiger partial charge < -0.3 is 9.84 Å². The van der Waals surface area contributed by atoms with Crippen LogP contribution in [0.3, 0.4) is 0 Å². The lowest BCUT2D eigenvalue weighted by atomic mass is 10.0. The van der Waals surface area contributed by atoms with Crippen LogP contribution >= 0.6 is 0 Å². The lowest BCUT2D eigenvalue weighted by Gasteiger charge is -2.16. The van der Waals surface area contributed by atoms with Crippen molar-refractivity contribution in [3.63, 3.8) is 0 Å². The van der Waals surface area contributed by atoms with Crippen LogP contribution in [0.15, 0.2) is 4.52 Å². The first-order chi connectivity index (χ1) is 9.02. The van der Waals surface area contributed by atoms with E-state index < -0.39 is 0 Å². The van der Waals surface area contributed by atoms with E-state index in [1.54, 1.807) is 6.92 Å². The Hall–Kier alpha value is -1.69. The van der Waals surface area contributed by atoms with Crippen molar-refractivity contribution >= 4 is 0 Å². The minimum atomic E-state index is 0.257. The molecular formula is C13H21N5O. The molecule has 0 aliphatic carbocycles. The Labute approximate surface area is 113 Å². The molecule has 6 nitrogen and oxygen atoms in total. The molecular weight excluding hydrogens is 242 g/mol. The second kappa shape index (κ2) is 5.52. The van der Waals surface area contributed by atoms with Gasteiger partial charge in [0, 0.05) is 31.3 Å². The largest absolute Gasteiger partial charge is 0.340 e. The number of nitrogens with zero attached hydrogens (tertiary/aromatic N) is 4. The standard InChI is InChI=1S/C13H21N5O/c1-6-11(13-8(2)16-18(5)9(13)3)14-7-12-15-10(4)19-17-12/h11,14H,6-7H2,1-5H3/t11-/m0/s1. The first-order valence-corrected chi connectivity index (χ1v) is 6.55. The van der Waals surface area contributed by atoms with Gasteiger partial charge in [-0.15, -0.1) is 0 Å². The van der Waals surface area contributed by atoms with E-state index in [1.165, 1.54) is 11.3 Å². The third-order valence-electron chi connectivity index (χ3n) is 3.40. The highest BCUT2D eigenvalue weighted by Crippen LogP contribution is 2.23. The maximum absolute atomic E-state index is 4.97. The number of hydrogen-bond acceptors (Lipinski definition) is 5. The molecule has 0 saturated carbocycles. The fraction of sp³-hybridized carbons (Fsp3) is 0.615. The van der Waals surface area contributed by atoms with Crippen molar-refractivity contribution in [3.8, 4) is 0 Å². The summed E-state index contributed by atoms with van der Waals surface area (Å²) in [6, 6.07) is 0.257. The molecule has 0 aromatic carbocycles. The maximum atomic E-state index is 4.97. The van der Waals surface area contributed by atoms with Gasteiger partial charge in [0.2, 0.25) is 5.89 Å². The molecule has 1 atom stereocenters. The third-order valence-corrected chi connectivity index (χ3v) is 3.40. The Morgan fingerprint density at radius 2 is 2.05 bits per heavy atom. The number of nitrogens with one attached hydrogen (secondary N) is 1. The van der Waals surface area contributed by atoms with Gasteiger partial charge in [0.1, 0.15) is 0 Å². The summed E-state index contributed by atoms with van der Waals surface area (Å²) in [7, 11) is 1.97. The van der Waals surface area contributed by atoms with Gasteiger partial charge in [0.25, 0.3) is 0 Å². The Morgan fingerprint density at radius 1 is 1.32 bits per heavy atom. The van der Waals surface area contributed by atoms with Crippen LogP contribution in [0, 0.1) is 20.8 Å². The first kappa shape index (κ1) is 13.7. The molecule has 0 bridgehead atoms. The summed E-state index contributed by atoms with van der Waals surface area (Å²) in [5.41, 5.74) is 3.54. The normalized spacial score (nSPS) is 12.9. The average Bonchev–Trinajstić information content (AvgIpc) is 2.88. The van der Waals surface area contributed by atoms with Crippen molar-refractivity contribution in [1.82, 2.24) is 25.2 Å². The summed E-state index contributed by atoms with van der Waals surface area (Å²) in [5, 5.41) is 11.8. The Kier molecular flexibility index (Phi) is 3.99.